The number of aryl methyl sites for hydroxylation is 1. The van der Waals surface area contributed by atoms with Crippen LogP contribution in [0.3, 0.4) is 0 Å². The van der Waals surface area contributed by atoms with Gasteiger partial charge in [0.05, 0.1) is 13.3 Å². The van der Waals surface area contributed by atoms with Gasteiger partial charge in [0.25, 0.3) is 0 Å². The van der Waals surface area contributed by atoms with Crippen LogP contribution in [-0.4, -0.2) is 18.4 Å². The zero-order valence-corrected chi connectivity index (χ0v) is 12.8. The molecule has 0 atom stereocenters. The highest BCUT2D eigenvalue weighted by molar-refractivity contribution is 7.80. The van der Waals surface area contributed by atoms with Gasteiger partial charge in [0.15, 0.2) is 5.11 Å². The molecule has 104 valence electrons. The second kappa shape index (κ2) is 7.02. The monoisotopic (exact) mass is 305 g/mol. The minimum absolute atomic E-state index is 0.433. The van der Waals surface area contributed by atoms with E-state index in [9.17, 15) is 0 Å². The first-order chi connectivity index (χ1) is 9.67. The van der Waals surface area contributed by atoms with Gasteiger partial charge in [-0.3, -0.25) is 5.43 Å². The molecule has 2 N–H and O–H groups in total. The van der Waals surface area contributed by atoms with Crippen LogP contribution < -0.4 is 15.5 Å². The fourth-order valence-electron chi connectivity index (χ4n) is 1.54. The summed E-state index contributed by atoms with van der Waals surface area (Å²) in [5, 5.41) is 7.57. The molecule has 1 aromatic heterocycles. The first-order valence-corrected chi connectivity index (χ1v) is 7.20. The quantitative estimate of drug-likeness (QED) is 0.516. The Morgan fingerprint density at radius 2 is 2.20 bits per heavy atom. The predicted molar refractivity (Wildman–Crippen MR) is 89.0 cm³/mol. The van der Waals surface area contributed by atoms with Crippen LogP contribution in [0.25, 0.3) is 0 Å². The molecule has 2 aromatic rings. The molecule has 0 spiro atoms. The Kier molecular flexibility index (Phi) is 5.09. The Balaban J connectivity index is 1.87. The molecule has 0 aliphatic carbocycles. The van der Waals surface area contributed by atoms with Crippen molar-refractivity contribution in [3.63, 3.8) is 0 Å². The maximum Gasteiger partial charge on any atom is 0.191 e. The van der Waals surface area contributed by atoms with E-state index in [1.54, 1.807) is 24.7 Å². The van der Waals surface area contributed by atoms with Crippen molar-refractivity contribution in [2.45, 2.75) is 6.92 Å². The number of ether oxygens (including phenoxy) is 1. The van der Waals surface area contributed by atoms with Crippen LogP contribution in [0.1, 0.15) is 9.75 Å². The fourth-order valence-corrected chi connectivity index (χ4v) is 2.46. The first kappa shape index (κ1) is 14.5. The fraction of sp³-hybridized carbons (Fsp3) is 0.143. The molecule has 0 fully saturated rings. The average Bonchev–Trinajstić information content (AvgIpc) is 2.84. The normalized spacial score (nSPS) is 10.5. The molecule has 1 aromatic carbocycles. The molecule has 0 unspecified atom stereocenters. The van der Waals surface area contributed by atoms with Crippen LogP contribution in [0.4, 0.5) is 5.69 Å². The van der Waals surface area contributed by atoms with Gasteiger partial charge in [-0.15, -0.1) is 11.3 Å². The third-order valence-electron chi connectivity index (χ3n) is 2.45. The number of rotatable bonds is 4. The van der Waals surface area contributed by atoms with E-state index in [1.807, 2.05) is 30.3 Å². The summed E-state index contributed by atoms with van der Waals surface area (Å²) in [4.78, 5) is 2.34. The molecule has 0 aliphatic rings. The lowest BCUT2D eigenvalue weighted by Gasteiger charge is -2.08. The number of thiophene rings is 1. The summed E-state index contributed by atoms with van der Waals surface area (Å²) in [6.07, 6.45) is 1.75. The van der Waals surface area contributed by atoms with Crippen LogP contribution >= 0.6 is 23.6 Å². The zero-order valence-electron chi connectivity index (χ0n) is 11.2. The molecule has 4 nitrogen and oxygen atoms in total. The second-order valence-electron chi connectivity index (χ2n) is 4.00. The maximum atomic E-state index is 5.16. The summed E-state index contributed by atoms with van der Waals surface area (Å²) < 4.78 is 5.15. The molecule has 20 heavy (non-hydrogen) atoms. The van der Waals surface area contributed by atoms with Gasteiger partial charge >= 0.3 is 0 Å². The van der Waals surface area contributed by atoms with Crippen molar-refractivity contribution >= 4 is 40.6 Å². The third kappa shape index (κ3) is 4.32. The predicted octanol–water partition coefficient (Wildman–Crippen LogP) is 3.39. The van der Waals surface area contributed by atoms with Gasteiger partial charge in [-0.2, -0.15) is 5.10 Å². The highest BCUT2D eigenvalue weighted by Gasteiger charge is 1.98. The van der Waals surface area contributed by atoms with Crippen molar-refractivity contribution in [3.8, 4) is 5.75 Å². The number of nitrogens with one attached hydrogen (secondary N) is 2. The number of anilines is 1. The summed E-state index contributed by atoms with van der Waals surface area (Å²) >= 11 is 6.84. The number of hydrogen-bond acceptors (Lipinski definition) is 4. The number of hydrogen-bond donors (Lipinski definition) is 2. The topological polar surface area (TPSA) is 45.6 Å². The molecule has 1 heterocycles. The number of thiocarbonyl (C=S) groups is 1. The Labute approximate surface area is 127 Å². The number of methoxy groups -OCH3 is 1. The first-order valence-electron chi connectivity index (χ1n) is 5.98. The molecule has 0 saturated heterocycles. The Morgan fingerprint density at radius 3 is 2.90 bits per heavy atom. The minimum Gasteiger partial charge on any atom is -0.497 e. The van der Waals surface area contributed by atoms with Crippen molar-refractivity contribution in [1.29, 1.82) is 0 Å². The summed E-state index contributed by atoms with van der Waals surface area (Å²) in [6.45, 7) is 2.06. The number of hydrazone groups is 1. The van der Waals surface area contributed by atoms with Crippen LogP contribution in [0.15, 0.2) is 41.5 Å². The molecule has 0 saturated carbocycles. The Morgan fingerprint density at radius 1 is 1.35 bits per heavy atom. The highest BCUT2D eigenvalue weighted by Crippen LogP contribution is 2.16. The van der Waals surface area contributed by atoms with E-state index >= 15 is 0 Å². The van der Waals surface area contributed by atoms with Crippen molar-refractivity contribution in [1.82, 2.24) is 5.43 Å². The van der Waals surface area contributed by atoms with Gasteiger partial charge < -0.3 is 10.1 Å². The molecule has 6 heteroatoms. The van der Waals surface area contributed by atoms with Crippen molar-refractivity contribution < 1.29 is 4.74 Å². The van der Waals surface area contributed by atoms with E-state index < -0.39 is 0 Å². The molecule has 2 rings (SSSR count). The van der Waals surface area contributed by atoms with E-state index in [0.29, 0.717) is 5.11 Å². The SMILES string of the molecule is COc1cccc(NC(=S)N/N=C/c2ccc(C)s2)c1. The van der Waals surface area contributed by atoms with Crippen LogP contribution in [0, 0.1) is 6.92 Å². The summed E-state index contributed by atoms with van der Waals surface area (Å²) in [5.74, 6) is 0.773. The summed E-state index contributed by atoms with van der Waals surface area (Å²) in [6, 6.07) is 11.6. The lowest BCUT2D eigenvalue weighted by Crippen LogP contribution is -2.23. The molecule has 0 aliphatic heterocycles. The van der Waals surface area contributed by atoms with Crippen LogP contribution in [0.5, 0.6) is 5.75 Å². The highest BCUT2D eigenvalue weighted by atomic mass is 32.1. The zero-order chi connectivity index (χ0) is 14.4. The van der Waals surface area contributed by atoms with Crippen molar-refractivity contribution in [2.75, 3.05) is 12.4 Å². The van der Waals surface area contributed by atoms with E-state index in [-0.39, 0.29) is 0 Å². The van der Waals surface area contributed by atoms with Gasteiger partial charge in [0.2, 0.25) is 0 Å². The van der Waals surface area contributed by atoms with Gasteiger partial charge in [0, 0.05) is 21.5 Å². The van der Waals surface area contributed by atoms with E-state index in [1.165, 1.54) is 4.88 Å². The smallest absolute Gasteiger partial charge is 0.191 e. The second-order valence-corrected chi connectivity index (χ2v) is 5.73. The van der Waals surface area contributed by atoms with Gasteiger partial charge in [-0.25, -0.2) is 0 Å². The average molecular weight is 305 g/mol. The van der Waals surface area contributed by atoms with Crippen molar-refractivity contribution in [2.24, 2.45) is 5.10 Å². The lowest BCUT2D eigenvalue weighted by atomic mass is 10.3. The van der Waals surface area contributed by atoms with E-state index in [2.05, 4.69) is 28.8 Å². The van der Waals surface area contributed by atoms with Crippen LogP contribution in [-0.2, 0) is 0 Å². The molecule has 0 amide bonds. The Hall–Kier alpha value is -1.92. The van der Waals surface area contributed by atoms with Crippen molar-refractivity contribution in [3.05, 3.63) is 46.2 Å². The third-order valence-corrected chi connectivity index (χ3v) is 3.58. The van der Waals surface area contributed by atoms with Gasteiger partial charge in [-0.1, -0.05) is 6.07 Å². The molecular formula is C14H15N3OS2. The minimum atomic E-state index is 0.433. The molecule has 0 bridgehead atoms. The standard InChI is InChI=1S/C14H15N3OS2/c1-10-6-7-13(20-10)9-15-17-14(19)16-11-4-3-5-12(8-11)18-2/h3-9H,1-2H3,(H2,16,17,19)/b15-9+. The van der Waals surface area contributed by atoms with Crippen LogP contribution in [0.2, 0.25) is 0 Å². The number of benzene rings is 1. The maximum absolute atomic E-state index is 5.16. The van der Waals surface area contributed by atoms with Gasteiger partial charge in [0.1, 0.15) is 5.75 Å². The van der Waals surface area contributed by atoms with Gasteiger partial charge in [-0.05, 0) is 43.4 Å². The summed E-state index contributed by atoms with van der Waals surface area (Å²) in [7, 11) is 1.63. The largest absolute Gasteiger partial charge is 0.497 e. The lowest BCUT2D eigenvalue weighted by molar-refractivity contribution is 0.415. The Bertz CT molecular complexity index is 622. The molecule has 0 radical (unpaired) electrons. The molecular weight excluding hydrogens is 290 g/mol. The van der Waals surface area contributed by atoms with E-state index in [0.717, 1.165) is 16.3 Å². The number of nitrogens with zero attached hydrogens (tertiary/aromatic N) is 1. The summed E-state index contributed by atoms with van der Waals surface area (Å²) in [5.41, 5.74) is 3.63. The van der Waals surface area contributed by atoms with E-state index in [4.69, 9.17) is 17.0 Å².